The van der Waals surface area contributed by atoms with Crippen LogP contribution in [-0.2, 0) is 0 Å². The third-order valence-corrected chi connectivity index (χ3v) is 4.42. The van der Waals surface area contributed by atoms with Crippen molar-refractivity contribution >= 4 is 11.6 Å². The van der Waals surface area contributed by atoms with Gasteiger partial charge in [-0.05, 0) is 42.8 Å². The van der Waals surface area contributed by atoms with Gasteiger partial charge in [-0.15, -0.1) is 0 Å². The van der Waals surface area contributed by atoms with E-state index in [0.717, 1.165) is 16.8 Å². The molecule has 142 valence electrons. The van der Waals surface area contributed by atoms with Gasteiger partial charge in [0.25, 0.3) is 5.91 Å². The molecule has 0 spiro atoms. The van der Waals surface area contributed by atoms with Crippen LogP contribution in [0.5, 0.6) is 11.6 Å². The smallest absolute Gasteiger partial charge is 0.255 e. The third kappa shape index (κ3) is 4.47. The normalized spacial score (nSPS) is 10.4. The molecule has 0 aliphatic heterocycles. The maximum absolute atomic E-state index is 12.7. The SMILES string of the molecule is Cc1ccccc1NC(=O)c1cccc(-c2cc(Oc3ccccc3)ncn2)c1. The number of nitrogens with one attached hydrogen (secondary N) is 1. The van der Waals surface area contributed by atoms with Gasteiger partial charge in [-0.2, -0.15) is 0 Å². The number of amides is 1. The Labute approximate surface area is 169 Å². The monoisotopic (exact) mass is 381 g/mol. The molecular weight excluding hydrogens is 362 g/mol. The van der Waals surface area contributed by atoms with Crippen LogP contribution in [0.15, 0.2) is 91.3 Å². The highest BCUT2D eigenvalue weighted by atomic mass is 16.5. The summed E-state index contributed by atoms with van der Waals surface area (Å²) in [5.41, 5.74) is 3.84. The van der Waals surface area contributed by atoms with Crippen LogP contribution in [0, 0.1) is 6.92 Å². The number of anilines is 1. The van der Waals surface area contributed by atoms with Gasteiger partial charge in [-0.25, -0.2) is 9.97 Å². The lowest BCUT2D eigenvalue weighted by Gasteiger charge is -2.10. The predicted octanol–water partition coefficient (Wildman–Crippen LogP) is 5.50. The molecule has 1 heterocycles. The Hall–Kier alpha value is -3.99. The molecule has 4 rings (SSSR count). The molecule has 0 unspecified atom stereocenters. The Balaban J connectivity index is 1.56. The molecule has 0 saturated carbocycles. The average molecular weight is 381 g/mol. The summed E-state index contributed by atoms with van der Waals surface area (Å²) in [4.78, 5) is 21.2. The molecule has 0 aliphatic carbocycles. The van der Waals surface area contributed by atoms with E-state index in [4.69, 9.17) is 4.74 Å². The molecule has 0 aliphatic rings. The fraction of sp³-hybridized carbons (Fsp3) is 0.0417. The van der Waals surface area contributed by atoms with E-state index in [2.05, 4.69) is 15.3 Å². The van der Waals surface area contributed by atoms with Crippen LogP contribution in [0.2, 0.25) is 0 Å². The molecule has 0 saturated heterocycles. The first-order valence-electron chi connectivity index (χ1n) is 9.21. The maximum Gasteiger partial charge on any atom is 0.255 e. The van der Waals surface area contributed by atoms with Crippen molar-refractivity contribution < 1.29 is 9.53 Å². The van der Waals surface area contributed by atoms with Crippen molar-refractivity contribution in [3.05, 3.63) is 102 Å². The number of rotatable bonds is 5. The Morgan fingerprint density at radius 1 is 0.862 bits per heavy atom. The largest absolute Gasteiger partial charge is 0.439 e. The number of carbonyl (C=O) groups excluding carboxylic acids is 1. The quantitative estimate of drug-likeness (QED) is 0.496. The topological polar surface area (TPSA) is 64.1 Å². The Kier molecular flexibility index (Phi) is 5.29. The summed E-state index contributed by atoms with van der Waals surface area (Å²) in [6, 6.07) is 26.2. The van der Waals surface area contributed by atoms with Crippen LogP contribution in [0.1, 0.15) is 15.9 Å². The van der Waals surface area contributed by atoms with E-state index in [1.807, 2.05) is 79.7 Å². The summed E-state index contributed by atoms with van der Waals surface area (Å²) >= 11 is 0. The molecule has 0 atom stereocenters. The molecule has 1 aromatic heterocycles. The second-order valence-corrected chi connectivity index (χ2v) is 6.51. The zero-order chi connectivity index (χ0) is 20.1. The van der Waals surface area contributed by atoms with Crippen molar-refractivity contribution in [3.8, 4) is 22.9 Å². The zero-order valence-corrected chi connectivity index (χ0v) is 15.9. The standard InChI is InChI=1S/C24H19N3O2/c1-17-8-5-6-13-21(17)27-24(28)19-10-7-9-18(14-19)22-15-23(26-16-25-22)29-20-11-3-2-4-12-20/h2-16H,1H3,(H,27,28). The van der Waals surface area contributed by atoms with Crippen LogP contribution in [0.25, 0.3) is 11.3 Å². The van der Waals surface area contributed by atoms with Crippen molar-refractivity contribution in [3.63, 3.8) is 0 Å². The highest BCUT2D eigenvalue weighted by molar-refractivity contribution is 6.05. The lowest BCUT2D eigenvalue weighted by Crippen LogP contribution is -2.12. The minimum absolute atomic E-state index is 0.170. The van der Waals surface area contributed by atoms with Gasteiger partial charge in [-0.3, -0.25) is 4.79 Å². The Bertz CT molecular complexity index is 1140. The Morgan fingerprint density at radius 3 is 2.48 bits per heavy atom. The van der Waals surface area contributed by atoms with E-state index in [1.54, 1.807) is 12.1 Å². The Morgan fingerprint density at radius 2 is 1.66 bits per heavy atom. The average Bonchev–Trinajstić information content (AvgIpc) is 2.76. The van der Waals surface area contributed by atoms with Crippen molar-refractivity contribution in [1.29, 1.82) is 0 Å². The van der Waals surface area contributed by atoms with Gasteiger partial charge < -0.3 is 10.1 Å². The van der Waals surface area contributed by atoms with Gasteiger partial charge in [0, 0.05) is 22.9 Å². The summed E-state index contributed by atoms with van der Waals surface area (Å²) in [7, 11) is 0. The van der Waals surface area contributed by atoms with Crippen molar-refractivity contribution in [1.82, 2.24) is 9.97 Å². The number of hydrogen-bond donors (Lipinski definition) is 1. The van der Waals surface area contributed by atoms with E-state index in [1.165, 1.54) is 6.33 Å². The second kappa shape index (κ2) is 8.35. The van der Waals surface area contributed by atoms with Crippen molar-refractivity contribution in [2.75, 3.05) is 5.32 Å². The molecule has 1 amide bonds. The lowest BCUT2D eigenvalue weighted by molar-refractivity contribution is 0.102. The van der Waals surface area contributed by atoms with Crippen LogP contribution in [0.3, 0.4) is 0 Å². The van der Waals surface area contributed by atoms with Crippen molar-refractivity contribution in [2.24, 2.45) is 0 Å². The number of ether oxygens (including phenoxy) is 1. The van der Waals surface area contributed by atoms with E-state index >= 15 is 0 Å². The molecule has 1 N–H and O–H groups in total. The van der Waals surface area contributed by atoms with Crippen LogP contribution in [0.4, 0.5) is 5.69 Å². The highest BCUT2D eigenvalue weighted by Gasteiger charge is 2.10. The molecule has 0 bridgehead atoms. The first kappa shape index (κ1) is 18.4. The summed E-state index contributed by atoms with van der Waals surface area (Å²) in [6.45, 7) is 1.96. The van der Waals surface area contributed by atoms with Gasteiger partial charge in [0.15, 0.2) is 0 Å². The molecule has 4 aromatic rings. The molecule has 5 heteroatoms. The molecular formula is C24H19N3O2. The molecule has 3 aromatic carbocycles. The van der Waals surface area contributed by atoms with Crippen LogP contribution in [-0.4, -0.2) is 15.9 Å². The number of aromatic nitrogens is 2. The van der Waals surface area contributed by atoms with Gasteiger partial charge in [0.1, 0.15) is 12.1 Å². The zero-order valence-electron chi connectivity index (χ0n) is 15.9. The summed E-state index contributed by atoms with van der Waals surface area (Å²) in [5, 5.41) is 2.95. The van der Waals surface area contributed by atoms with Gasteiger partial charge in [0.05, 0.1) is 5.69 Å². The number of para-hydroxylation sites is 2. The van der Waals surface area contributed by atoms with Crippen molar-refractivity contribution in [2.45, 2.75) is 6.92 Å². The first-order chi connectivity index (χ1) is 14.2. The molecule has 5 nitrogen and oxygen atoms in total. The summed E-state index contributed by atoms with van der Waals surface area (Å²) in [6.07, 6.45) is 1.45. The number of carbonyl (C=O) groups is 1. The van der Waals surface area contributed by atoms with E-state index in [9.17, 15) is 4.79 Å². The highest BCUT2D eigenvalue weighted by Crippen LogP contribution is 2.24. The van der Waals surface area contributed by atoms with E-state index in [-0.39, 0.29) is 5.91 Å². The minimum atomic E-state index is -0.170. The summed E-state index contributed by atoms with van der Waals surface area (Å²) in [5.74, 6) is 0.968. The number of benzene rings is 3. The minimum Gasteiger partial charge on any atom is -0.439 e. The maximum atomic E-state index is 12.7. The number of hydrogen-bond acceptors (Lipinski definition) is 4. The fourth-order valence-electron chi connectivity index (χ4n) is 2.89. The molecule has 0 radical (unpaired) electrons. The van der Waals surface area contributed by atoms with E-state index < -0.39 is 0 Å². The fourth-order valence-corrected chi connectivity index (χ4v) is 2.89. The molecule has 0 fully saturated rings. The molecule has 29 heavy (non-hydrogen) atoms. The number of nitrogens with zero attached hydrogens (tertiary/aromatic N) is 2. The lowest BCUT2D eigenvalue weighted by atomic mass is 10.1. The number of aryl methyl sites for hydroxylation is 1. The second-order valence-electron chi connectivity index (χ2n) is 6.51. The van der Waals surface area contributed by atoms with E-state index in [0.29, 0.717) is 22.9 Å². The van der Waals surface area contributed by atoms with Gasteiger partial charge >= 0.3 is 0 Å². The van der Waals surface area contributed by atoms with Gasteiger partial charge in [-0.1, -0.05) is 48.5 Å². The third-order valence-electron chi connectivity index (χ3n) is 4.42. The van der Waals surface area contributed by atoms with Crippen LogP contribution >= 0.6 is 0 Å². The summed E-state index contributed by atoms with van der Waals surface area (Å²) < 4.78 is 5.78. The predicted molar refractivity (Wildman–Crippen MR) is 113 cm³/mol. The first-order valence-corrected chi connectivity index (χ1v) is 9.21. The van der Waals surface area contributed by atoms with Gasteiger partial charge in [0.2, 0.25) is 5.88 Å². The van der Waals surface area contributed by atoms with Crippen LogP contribution < -0.4 is 10.1 Å².